The minimum Gasteiger partial charge on any atom is -0.299 e. The van der Waals surface area contributed by atoms with Gasteiger partial charge in [0.1, 0.15) is 5.78 Å². The molecule has 0 unspecified atom stereocenters. The molecule has 1 aliphatic heterocycles. The largest absolute Gasteiger partial charge is 0.299 e. The summed E-state index contributed by atoms with van der Waals surface area (Å²) >= 11 is 0. The molecule has 1 nitrogen and oxygen atoms in total. The van der Waals surface area contributed by atoms with E-state index in [0.29, 0.717) is 5.78 Å². The van der Waals surface area contributed by atoms with Gasteiger partial charge in [-0.15, -0.1) is 0 Å². The molecule has 70 valence electrons. The lowest BCUT2D eigenvalue weighted by atomic mass is 9.92. The molecule has 12 heavy (non-hydrogen) atoms. The first-order valence-electron chi connectivity index (χ1n) is 5.03. The first kappa shape index (κ1) is 9.97. The Kier molecular flexibility index (Phi) is 3.10. The van der Waals surface area contributed by atoms with Crippen molar-refractivity contribution in [2.75, 3.05) is 0 Å². The van der Waals surface area contributed by atoms with E-state index >= 15 is 0 Å². The van der Waals surface area contributed by atoms with Crippen molar-refractivity contribution in [2.45, 2.75) is 51.7 Å². The van der Waals surface area contributed by atoms with E-state index in [1.165, 1.54) is 24.9 Å². The molecule has 1 fully saturated rings. The van der Waals surface area contributed by atoms with Crippen molar-refractivity contribution < 1.29 is 4.79 Å². The number of ketones is 1. The van der Waals surface area contributed by atoms with E-state index in [4.69, 9.17) is 0 Å². The molecule has 1 saturated heterocycles. The average molecular weight is 184 g/mol. The highest BCUT2D eigenvalue weighted by atomic mass is 28.3. The van der Waals surface area contributed by atoms with Crippen molar-refractivity contribution in [1.82, 2.24) is 0 Å². The van der Waals surface area contributed by atoms with Crippen LogP contribution in [0.15, 0.2) is 0 Å². The third-order valence-electron chi connectivity index (χ3n) is 2.79. The van der Waals surface area contributed by atoms with E-state index in [1.807, 2.05) is 20.8 Å². The third-order valence-corrected chi connectivity index (χ3v) is 6.18. The van der Waals surface area contributed by atoms with Crippen molar-refractivity contribution in [2.24, 2.45) is 5.41 Å². The molecule has 0 radical (unpaired) electrons. The molecule has 0 aliphatic carbocycles. The van der Waals surface area contributed by atoms with E-state index in [0.717, 1.165) is 6.04 Å². The molecule has 0 N–H and O–H groups in total. The highest BCUT2D eigenvalue weighted by Gasteiger charge is 2.26. The Bertz CT molecular complexity index is 163. The third kappa shape index (κ3) is 2.74. The zero-order valence-corrected chi connectivity index (χ0v) is 9.68. The van der Waals surface area contributed by atoms with Gasteiger partial charge in [0.25, 0.3) is 0 Å². The maximum atomic E-state index is 11.7. The summed E-state index contributed by atoms with van der Waals surface area (Å²) in [6, 6.07) is 3.80. The molecule has 0 aromatic rings. The topological polar surface area (TPSA) is 17.1 Å². The van der Waals surface area contributed by atoms with Crippen LogP contribution in [0.3, 0.4) is 0 Å². The predicted molar refractivity (Wildman–Crippen MR) is 55.3 cm³/mol. The first-order valence-corrected chi connectivity index (χ1v) is 7.48. The smallest absolute Gasteiger partial charge is 0.135 e. The van der Waals surface area contributed by atoms with Gasteiger partial charge in [-0.3, -0.25) is 4.79 Å². The van der Waals surface area contributed by atoms with Crippen molar-refractivity contribution in [1.29, 1.82) is 0 Å². The number of Topliss-reactive ketones (excluding diaryl/α,β-unsaturated/α-hetero) is 1. The number of carbonyl (C=O) groups is 1. The van der Waals surface area contributed by atoms with Crippen LogP contribution in [0, 0.1) is 5.41 Å². The molecule has 1 rings (SSSR count). The van der Waals surface area contributed by atoms with Gasteiger partial charge >= 0.3 is 0 Å². The highest BCUT2D eigenvalue weighted by Crippen LogP contribution is 2.26. The Balaban J connectivity index is 2.35. The summed E-state index contributed by atoms with van der Waals surface area (Å²) in [5.41, 5.74) is -0.0877. The summed E-state index contributed by atoms with van der Waals surface area (Å²) < 4.78 is 0. The van der Waals surface area contributed by atoms with E-state index in [-0.39, 0.29) is 5.41 Å². The summed E-state index contributed by atoms with van der Waals surface area (Å²) in [4.78, 5) is 11.7. The Morgan fingerprint density at radius 2 is 1.75 bits per heavy atom. The monoisotopic (exact) mass is 184 g/mol. The number of hydrogen-bond acceptors (Lipinski definition) is 1. The van der Waals surface area contributed by atoms with Crippen molar-refractivity contribution in [3.63, 3.8) is 0 Å². The Morgan fingerprint density at radius 1 is 1.25 bits per heavy atom. The van der Waals surface area contributed by atoms with Gasteiger partial charge in [-0.1, -0.05) is 45.7 Å². The van der Waals surface area contributed by atoms with Gasteiger partial charge in [0, 0.05) is 14.2 Å². The molecule has 0 aromatic carbocycles. The molecular formula is C10H20OSi. The Hall–Kier alpha value is -0.113. The molecule has 0 amide bonds. The van der Waals surface area contributed by atoms with Crippen LogP contribution in [-0.4, -0.2) is 14.6 Å². The SMILES string of the molecule is CC(C)(C)C(=O)C[SiH]1CCCC1. The fourth-order valence-electron chi connectivity index (χ4n) is 1.78. The minimum atomic E-state index is -0.588. The number of hydrogen-bond donors (Lipinski definition) is 0. The second-order valence-corrected chi connectivity index (χ2v) is 8.32. The molecule has 0 bridgehead atoms. The molecular weight excluding hydrogens is 164 g/mol. The van der Waals surface area contributed by atoms with E-state index < -0.39 is 8.80 Å². The minimum absolute atomic E-state index is 0.0877. The van der Waals surface area contributed by atoms with E-state index in [2.05, 4.69) is 0 Å². The standard InChI is InChI=1S/C10H20OSi/c1-10(2,3)9(11)8-12-6-4-5-7-12/h12H,4-8H2,1-3H3. The summed E-state index contributed by atoms with van der Waals surface area (Å²) in [7, 11) is -0.588. The average Bonchev–Trinajstić information content (AvgIpc) is 2.37. The van der Waals surface area contributed by atoms with Crippen LogP contribution in [-0.2, 0) is 4.79 Å². The van der Waals surface area contributed by atoms with Gasteiger partial charge < -0.3 is 0 Å². The lowest BCUT2D eigenvalue weighted by Gasteiger charge is -2.18. The molecule has 1 aliphatic rings. The Morgan fingerprint density at radius 3 is 2.17 bits per heavy atom. The zero-order chi connectivity index (χ0) is 9.19. The molecule has 1 heterocycles. The number of carbonyl (C=O) groups excluding carboxylic acids is 1. The van der Waals surface area contributed by atoms with E-state index in [9.17, 15) is 4.79 Å². The van der Waals surface area contributed by atoms with Gasteiger partial charge in [0.2, 0.25) is 0 Å². The Labute approximate surface area is 77.2 Å². The maximum absolute atomic E-state index is 11.7. The quantitative estimate of drug-likeness (QED) is 0.603. The molecule has 0 aromatic heterocycles. The van der Waals surface area contributed by atoms with Crippen molar-refractivity contribution in [3.8, 4) is 0 Å². The van der Waals surface area contributed by atoms with Crippen LogP contribution in [0.5, 0.6) is 0 Å². The fourth-order valence-corrected chi connectivity index (χ4v) is 5.35. The van der Waals surface area contributed by atoms with Crippen molar-refractivity contribution in [3.05, 3.63) is 0 Å². The first-order chi connectivity index (χ1) is 5.50. The number of rotatable bonds is 2. The highest BCUT2D eigenvalue weighted by molar-refractivity contribution is 6.63. The second-order valence-electron chi connectivity index (χ2n) is 5.03. The van der Waals surface area contributed by atoms with Crippen LogP contribution in [0.2, 0.25) is 18.1 Å². The summed E-state index contributed by atoms with van der Waals surface area (Å²) in [5.74, 6) is 0.501. The zero-order valence-electron chi connectivity index (χ0n) is 8.52. The lowest BCUT2D eigenvalue weighted by molar-refractivity contribution is -0.124. The molecule has 0 saturated carbocycles. The summed E-state index contributed by atoms with van der Waals surface area (Å²) in [6.45, 7) is 6.12. The van der Waals surface area contributed by atoms with Crippen LogP contribution in [0.4, 0.5) is 0 Å². The van der Waals surface area contributed by atoms with Crippen LogP contribution < -0.4 is 0 Å². The normalized spacial score (nSPS) is 19.9. The summed E-state index contributed by atoms with van der Waals surface area (Å²) in [6.07, 6.45) is 2.79. The second kappa shape index (κ2) is 3.73. The van der Waals surface area contributed by atoms with Crippen LogP contribution in [0.25, 0.3) is 0 Å². The van der Waals surface area contributed by atoms with Gasteiger partial charge in [0.15, 0.2) is 0 Å². The lowest BCUT2D eigenvalue weighted by Crippen LogP contribution is -2.24. The van der Waals surface area contributed by atoms with Crippen molar-refractivity contribution >= 4 is 14.6 Å². The van der Waals surface area contributed by atoms with Crippen LogP contribution >= 0.6 is 0 Å². The van der Waals surface area contributed by atoms with Gasteiger partial charge in [-0.2, -0.15) is 0 Å². The molecule has 0 spiro atoms. The fraction of sp³-hybridized carbons (Fsp3) is 0.900. The van der Waals surface area contributed by atoms with Gasteiger partial charge in [0.05, 0.1) is 0 Å². The van der Waals surface area contributed by atoms with E-state index in [1.54, 1.807) is 0 Å². The molecule has 0 atom stereocenters. The predicted octanol–water partition coefficient (Wildman–Crippen LogP) is 2.62. The van der Waals surface area contributed by atoms with Gasteiger partial charge in [-0.25, -0.2) is 0 Å². The maximum Gasteiger partial charge on any atom is 0.135 e. The van der Waals surface area contributed by atoms with Gasteiger partial charge in [-0.05, 0) is 6.04 Å². The van der Waals surface area contributed by atoms with Crippen LogP contribution in [0.1, 0.15) is 33.6 Å². The molecule has 2 heteroatoms. The summed E-state index contributed by atoms with van der Waals surface area (Å²) in [5, 5.41) is 0.